The van der Waals surface area contributed by atoms with Crippen molar-refractivity contribution in [3.63, 3.8) is 0 Å². The summed E-state index contributed by atoms with van der Waals surface area (Å²) in [7, 11) is 0. The Bertz CT molecular complexity index is 683. The number of ether oxygens (including phenoxy) is 1. The molecule has 1 aromatic carbocycles. The van der Waals surface area contributed by atoms with Crippen LogP contribution in [0, 0.1) is 5.92 Å². The Balaban J connectivity index is 1.36. The average molecular weight is 311 g/mol. The molecule has 0 aliphatic carbocycles. The molecule has 0 saturated carbocycles. The predicted octanol–water partition coefficient (Wildman–Crippen LogP) is 2.12. The second-order valence-electron chi connectivity index (χ2n) is 6.39. The Labute approximate surface area is 135 Å². The van der Waals surface area contributed by atoms with Crippen LogP contribution < -0.4 is 5.32 Å². The van der Waals surface area contributed by atoms with Crippen LogP contribution in [0.2, 0.25) is 0 Å². The maximum Gasteiger partial charge on any atom is 0.226 e. The second-order valence-corrected chi connectivity index (χ2v) is 6.39. The lowest BCUT2D eigenvalue weighted by atomic mass is 9.88. The van der Waals surface area contributed by atoms with Gasteiger partial charge >= 0.3 is 0 Å². The maximum absolute atomic E-state index is 12.4. The van der Waals surface area contributed by atoms with Crippen molar-refractivity contribution >= 4 is 5.91 Å². The van der Waals surface area contributed by atoms with Gasteiger partial charge in [0.1, 0.15) is 5.82 Å². The molecule has 5 nitrogen and oxygen atoms in total. The first-order chi connectivity index (χ1) is 11.3. The standard InChI is InChI=1S/C18H21N3O2/c22-18(15-10-14-6-7-16(15)23-14)20-11-17-19-8-9-21(17)12-13-4-2-1-3-5-13/h1-5,8-9,14-16H,6-7,10-12H2,(H,20,22)/t14-,15-,16-/m1/s1. The van der Waals surface area contributed by atoms with E-state index in [1.807, 2.05) is 24.4 Å². The van der Waals surface area contributed by atoms with Gasteiger partial charge in [-0.15, -0.1) is 0 Å². The Kier molecular flexibility index (Phi) is 3.87. The molecule has 2 saturated heterocycles. The molecule has 0 spiro atoms. The van der Waals surface area contributed by atoms with E-state index in [9.17, 15) is 4.79 Å². The topological polar surface area (TPSA) is 56.2 Å². The van der Waals surface area contributed by atoms with Crippen LogP contribution >= 0.6 is 0 Å². The summed E-state index contributed by atoms with van der Waals surface area (Å²) in [6, 6.07) is 10.3. The molecule has 4 rings (SSSR count). The zero-order valence-corrected chi connectivity index (χ0v) is 13.0. The van der Waals surface area contributed by atoms with Gasteiger partial charge in [0.05, 0.1) is 24.7 Å². The molecule has 0 unspecified atom stereocenters. The largest absolute Gasteiger partial charge is 0.374 e. The third-order valence-electron chi connectivity index (χ3n) is 4.86. The summed E-state index contributed by atoms with van der Waals surface area (Å²) in [5.74, 6) is 1.00. The molecular formula is C18H21N3O2. The number of aromatic nitrogens is 2. The van der Waals surface area contributed by atoms with Crippen LogP contribution in [0.4, 0.5) is 0 Å². The summed E-state index contributed by atoms with van der Waals surface area (Å²) < 4.78 is 7.84. The van der Waals surface area contributed by atoms with Gasteiger partial charge in [-0.25, -0.2) is 4.98 Å². The number of nitrogens with zero attached hydrogens (tertiary/aromatic N) is 2. The highest BCUT2D eigenvalue weighted by molar-refractivity contribution is 5.79. The molecule has 1 amide bonds. The van der Waals surface area contributed by atoms with E-state index in [0.717, 1.165) is 31.6 Å². The Morgan fingerprint density at radius 1 is 1.30 bits per heavy atom. The van der Waals surface area contributed by atoms with Gasteiger partial charge < -0.3 is 14.6 Å². The zero-order chi connectivity index (χ0) is 15.6. The number of hydrogen-bond acceptors (Lipinski definition) is 3. The molecule has 1 aromatic heterocycles. The summed E-state index contributed by atoms with van der Waals surface area (Å²) >= 11 is 0. The number of amides is 1. The van der Waals surface area contributed by atoms with Crippen molar-refractivity contribution in [3.8, 4) is 0 Å². The lowest BCUT2D eigenvalue weighted by Gasteiger charge is -2.18. The van der Waals surface area contributed by atoms with Crippen molar-refractivity contribution in [1.29, 1.82) is 0 Å². The number of nitrogens with one attached hydrogen (secondary N) is 1. The monoisotopic (exact) mass is 311 g/mol. The molecule has 5 heteroatoms. The van der Waals surface area contributed by atoms with E-state index >= 15 is 0 Å². The van der Waals surface area contributed by atoms with Crippen LogP contribution in [-0.2, 0) is 22.6 Å². The number of carbonyl (C=O) groups excluding carboxylic acids is 1. The van der Waals surface area contributed by atoms with Gasteiger partial charge in [0, 0.05) is 18.9 Å². The molecule has 3 heterocycles. The van der Waals surface area contributed by atoms with Gasteiger partial charge in [0.15, 0.2) is 0 Å². The molecule has 3 atom stereocenters. The van der Waals surface area contributed by atoms with Crippen molar-refractivity contribution in [2.45, 2.75) is 44.6 Å². The maximum atomic E-state index is 12.4. The number of hydrogen-bond donors (Lipinski definition) is 1. The average Bonchev–Trinajstić information content (AvgIpc) is 3.30. The zero-order valence-electron chi connectivity index (χ0n) is 13.0. The fraction of sp³-hybridized carbons (Fsp3) is 0.444. The van der Waals surface area contributed by atoms with E-state index < -0.39 is 0 Å². The predicted molar refractivity (Wildman–Crippen MR) is 85.6 cm³/mol. The van der Waals surface area contributed by atoms with Crippen LogP contribution in [0.5, 0.6) is 0 Å². The molecule has 2 aliphatic heterocycles. The van der Waals surface area contributed by atoms with Crippen molar-refractivity contribution in [3.05, 3.63) is 54.1 Å². The van der Waals surface area contributed by atoms with Crippen molar-refractivity contribution in [1.82, 2.24) is 14.9 Å². The Morgan fingerprint density at radius 3 is 2.91 bits per heavy atom. The minimum absolute atomic E-state index is 0.0197. The van der Waals surface area contributed by atoms with Gasteiger partial charge in [0.2, 0.25) is 5.91 Å². The van der Waals surface area contributed by atoms with Gasteiger partial charge in [0.25, 0.3) is 0 Å². The highest BCUT2D eigenvalue weighted by atomic mass is 16.5. The van der Waals surface area contributed by atoms with Crippen molar-refractivity contribution in [2.24, 2.45) is 5.92 Å². The summed E-state index contributed by atoms with van der Waals surface area (Å²) in [5, 5.41) is 3.04. The van der Waals surface area contributed by atoms with Gasteiger partial charge in [-0.3, -0.25) is 4.79 Å². The van der Waals surface area contributed by atoms with Crippen LogP contribution in [-0.4, -0.2) is 27.7 Å². The number of benzene rings is 1. The number of imidazole rings is 1. The summed E-state index contributed by atoms with van der Waals surface area (Å²) in [6.45, 7) is 1.23. The molecule has 2 aromatic rings. The van der Waals surface area contributed by atoms with Crippen molar-refractivity contribution < 1.29 is 9.53 Å². The number of carbonyl (C=O) groups is 1. The lowest BCUT2D eigenvalue weighted by Crippen LogP contribution is -2.36. The Hall–Kier alpha value is -2.14. The van der Waals surface area contributed by atoms with E-state index in [1.165, 1.54) is 5.56 Å². The number of rotatable bonds is 5. The molecule has 120 valence electrons. The van der Waals surface area contributed by atoms with Gasteiger partial charge in [-0.05, 0) is 24.8 Å². The van der Waals surface area contributed by atoms with Gasteiger partial charge in [-0.2, -0.15) is 0 Å². The third kappa shape index (κ3) is 3.01. The van der Waals surface area contributed by atoms with E-state index in [0.29, 0.717) is 12.6 Å². The first kappa shape index (κ1) is 14.5. The minimum atomic E-state index is 0.0197. The lowest BCUT2D eigenvalue weighted by molar-refractivity contribution is -0.126. The van der Waals surface area contributed by atoms with E-state index in [4.69, 9.17) is 4.74 Å². The van der Waals surface area contributed by atoms with Gasteiger partial charge in [-0.1, -0.05) is 30.3 Å². The SMILES string of the molecule is O=C(NCc1nccn1Cc1ccccc1)[C@@H]1C[C@H]2CC[C@H]1O2. The second kappa shape index (κ2) is 6.16. The molecule has 2 aliphatic rings. The summed E-state index contributed by atoms with van der Waals surface area (Å²) in [6.07, 6.45) is 7.16. The fourth-order valence-electron chi connectivity index (χ4n) is 3.64. The molecule has 0 radical (unpaired) electrons. The first-order valence-corrected chi connectivity index (χ1v) is 8.27. The molecule has 2 bridgehead atoms. The van der Waals surface area contributed by atoms with E-state index in [-0.39, 0.29) is 17.9 Å². The summed E-state index contributed by atoms with van der Waals surface area (Å²) in [4.78, 5) is 16.7. The smallest absolute Gasteiger partial charge is 0.226 e. The molecular weight excluding hydrogens is 290 g/mol. The van der Waals surface area contributed by atoms with Crippen LogP contribution in [0.25, 0.3) is 0 Å². The number of fused-ring (bicyclic) bond motifs is 2. The molecule has 1 N–H and O–H groups in total. The van der Waals surface area contributed by atoms with Crippen LogP contribution in [0.15, 0.2) is 42.7 Å². The van der Waals surface area contributed by atoms with Crippen molar-refractivity contribution in [2.75, 3.05) is 0 Å². The Morgan fingerprint density at radius 2 is 2.17 bits per heavy atom. The van der Waals surface area contributed by atoms with Crippen LogP contribution in [0.3, 0.4) is 0 Å². The van der Waals surface area contributed by atoms with E-state index in [2.05, 4.69) is 27.0 Å². The normalized spacial score (nSPS) is 25.7. The van der Waals surface area contributed by atoms with Crippen LogP contribution in [0.1, 0.15) is 30.7 Å². The fourth-order valence-corrected chi connectivity index (χ4v) is 3.64. The first-order valence-electron chi connectivity index (χ1n) is 8.27. The molecule has 23 heavy (non-hydrogen) atoms. The summed E-state index contributed by atoms with van der Waals surface area (Å²) in [5.41, 5.74) is 1.22. The highest BCUT2D eigenvalue weighted by Crippen LogP contribution is 2.38. The quantitative estimate of drug-likeness (QED) is 0.920. The molecule has 2 fully saturated rings. The minimum Gasteiger partial charge on any atom is -0.374 e. The van der Waals surface area contributed by atoms with E-state index in [1.54, 1.807) is 6.20 Å². The third-order valence-corrected chi connectivity index (χ3v) is 4.86. The highest BCUT2D eigenvalue weighted by Gasteiger charge is 2.44.